The average molecular weight is 337 g/mol. The summed E-state index contributed by atoms with van der Waals surface area (Å²) in [6.45, 7) is 0. The van der Waals surface area contributed by atoms with E-state index in [2.05, 4.69) is 15.1 Å². The molecule has 2 aromatic carbocycles. The molecule has 0 radical (unpaired) electrons. The molecule has 9 nitrogen and oxygen atoms in total. The largest absolute Gasteiger partial charge is 0.497 e. The smallest absolute Gasteiger partial charge is 0.316 e. The minimum atomic E-state index is -0.655. The van der Waals surface area contributed by atoms with Gasteiger partial charge in [-0.15, -0.1) is 0 Å². The van der Waals surface area contributed by atoms with Gasteiger partial charge in [0.25, 0.3) is 5.52 Å². The zero-order valence-corrected chi connectivity index (χ0v) is 12.4. The molecule has 0 saturated carbocycles. The highest BCUT2D eigenvalue weighted by molar-refractivity contribution is 6.34. The summed E-state index contributed by atoms with van der Waals surface area (Å²) in [7, 11) is 1.52. The summed E-state index contributed by atoms with van der Waals surface area (Å²) in [5.41, 5.74) is 0.0892. The molecule has 10 heteroatoms. The summed E-state index contributed by atoms with van der Waals surface area (Å²) in [4.78, 5) is 10.8. The quantitative estimate of drug-likeness (QED) is 0.442. The summed E-state index contributed by atoms with van der Waals surface area (Å²) in [6.07, 6.45) is 0. The van der Waals surface area contributed by atoms with Gasteiger partial charge in [-0.1, -0.05) is 11.6 Å². The Balaban J connectivity index is 2.16. The SMILES string of the molecule is COc1ccc(Nc2c([N+](=O)[O-])c(Cl)cc3c2no[n+]3[O-])cc1. The molecule has 0 unspecified atom stereocenters. The van der Waals surface area contributed by atoms with E-state index in [1.54, 1.807) is 24.3 Å². The van der Waals surface area contributed by atoms with Gasteiger partial charge >= 0.3 is 5.69 Å². The fraction of sp³-hybridized carbons (Fsp3) is 0.0769. The first-order valence-electron chi connectivity index (χ1n) is 6.28. The van der Waals surface area contributed by atoms with Gasteiger partial charge in [0.15, 0.2) is 5.69 Å². The van der Waals surface area contributed by atoms with Gasteiger partial charge in [0.1, 0.15) is 10.8 Å². The zero-order valence-electron chi connectivity index (χ0n) is 11.6. The molecular weight excluding hydrogens is 328 g/mol. The molecule has 0 saturated heterocycles. The Morgan fingerprint density at radius 3 is 2.70 bits per heavy atom. The van der Waals surface area contributed by atoms with Crippen molar-refractivity contribution in [3.05, 3.63) is 50.7 Å². The van der Waals surface area contributed by atoms with Crippen molar-refractivity contribution in [1.29, 1.82) is 0 Å². The highest BCUT2D eigenvalue weighted by Crippen LogP contribution is 2.39. The van der Waals surface area contributed by atoms with E-state index in [9.17, 15) is 15.3 Å². The van der Waals surface area contributed by atoms with E-state index in [1.807, 2.05) is 0 Å². The van der Waals surface area contributed by atoms with Crippen LogP contribution in [-0.2, 0) is 0 Å². The molecule has 0 aliphatic rings. The van der Waals surface area contributed by atoms with Crippen LogP contribution in [0.1, 0.15) is 0 Å². The van der Waals surface area contributed by atoms with Crippen molar-refractivity contribution in [2.75, 3.05) is 12.4 Å². The van der Waals surface area contributed by atoms with Crippen molar-refractivity contribution >= 4 is 39.7 Å². The maximum absolute atomic E-state index is 11.5. The lowest BCUT2D eigenvalue weighted by Crippen LogP contribution is -2.22. The maximum atomic E-state index is 11.5. The van der Waals surface area contributed by atoms with Gasteiger partial charge in [-0.2, -0.15) is 0 Å². The summed E-state index contributed by atoms with van der Waals surface area (Å²) in [5.74, 6) is 0.625. The number of hydrogen-bond acceptors (Lipinski definition) is 7. The summed E-state index contributed by atoms with van der Waals surface area (Å²) < 4.78 is 9.53. The molecule has 0 spiro atoms. The molecule has 0 bridgehead atoms. The van der Waals surface area contributed by atoms with Crippen LogP contribution >= 0.6 is 11.6 Å². The van der Waals surface area contributed by atoms with Crippen molar-refractivity contribution in [3.63, 3.8) is 0 Å². The van der Waals surface area contributed by atoms with E-state index in [4.69, 9.17) is 16.3 Å². The van der Waals surface area contributed by atoms with Crippen LogP contribution in [0.3, 0.4) is 0 Å². The number of aromatic nitrogens is 2. The third-order valence-corrected chi connectivity index (χ3v) is 3.44. The summed E-state index contributed by atoms with van der Waals surface area (Å²) in [5, 5.41) is 29.0. The van der Waals surface area contributed by atoms with Crippen molar-refractivity contribution in [2.24, 2.45) is 0 Å². The van der Waals surface area contributed by atoms with Crippen molar-refractivity contribution < 1.29 is 19.2 Å². The van der Waals surface area contributed by atoms with Crippen LogP contribution in [-0.4, -0.2) is 17.2 Å². The van der Waals surface area contributed by atoms with Crippen LogP contribution in [0.2, 0.25) is 5.02 Å². The highest BCUT2D eigenvalue weighted by atomic mass is 35.5. The third-order valence-electron chi connectivity index (χ3n) is 3.15. The number of halogens is 1. The molecule has 1 aromatic heterocycles. The first-order chi connectivity index (χ1) is 11.0. The summed E-state index contributed by atoms with van der Waals surface area (Å²) in [6, 6.07) is 7.79. The van der Waals surface area contributed by atoms with Crippen molar-refractivity contribution in [2.45, 2.75) is 0 Å². The number of rotatable bonds is 4. The average Bonchev–Trinajstić information content (AvgIpc) is 2.89. The molecular formula is C13H9ClN4O5. The number of anilines is 2. The zero-order chi connectivity index (χ0) is 16.6. The highest BCUT2D eigenvalue weighted by Gasteiger charge is 2.29. The van der Waals surface area contributed by atoms with Crippen LogP contribution in [0.4, 0.5) is 17.1 Å². The molecule has 3 rings (SSSR count). The fourth-order valence-electron chi connectivity index (χ4n) is 2.09. The Morgan fingerprint density at radius 1 is 1.39 bits per heavy atom. The van der Waals surface area contributed by atoms with Gasteiger partial charge < -0.3 is 15.3 Å². The monoisotopic (exact) mass is 336 g/mol. The van der Waals surface area contributed by atoms with E-state index in [0.717, 1.165) is 6.07 Å². The molecule has 118 valence electrons. The van der Waals surface area contributed by atoms with Gasteiger partial charge in [0.05, 0.1) is 12.0 Å². The number of nitrogens with zero attached hydrogens (tertiary/aromatic N) is 3. The number of ether oxygens (including phenoxy) is 1. The van der Waals surface area contributed by atoms with E-state index in [1.165, 1.54) is 7.11 Å². The second-order valence-electron chi connectivity index (χ2n) is 4.49. The minimum Gasteiger partial charge on any atom is -0.497 e. The van der Waals surface area contributed by atoms with E-state index in [-0.39, 0.29) is 26.6 Å². The number of hydrogen-bond donors (Lipinski definition) is 1. The molecule has 0 amide bonds. The first-order valence-corrected chi connectivity index (χ1v) is 6.66. The predicted molar refractivity (Wildman–Crippen MR) is 80.9 cm³/mol. The van der Waals surface area contributed by atoms with Crippen molar-refractivity contribution in [3.8, 4) is 5.75 Å². The van der Waals surface area contributed by atoms with Gasteiger partial charge in [-0.3, -0.25) is 14.7 Å². The van der Waals surface area contributed by atoms with E-state index >= 15 is 0 Å². The second kappa shape index (κ2) is 5.61. The normalized spacial score (nSPS) is 10.7. The summed E-state index contributed by atoms with van der Waals surface area (Å²) >= 11 is 5.92. The lowest BCUT2D eigenvalue weighted by molar-refractivity contribution is -0.782. The van der Waals surface area contributed by atoms with Crippen LogP contribution in [0, 0.1) is 15.3 Å². The Kier molecular flexibility index (Phi) is 3.62. The fourth-order valence-corrected chi connectivity index (χ4v) is 2.35. The molecule has 1 heterocycles. The first kappa shape index (κ1) is 14.9. The van der Waals surface area contributed by atoms with Crippen LogP contribution in [0.5, 0.6) is 5.75 Å². The molecule has 0 aliphatic heterocycles. The predicted octanol–water partition coefficient (Wildman–Crippen LogP) is 2.78. The number of nitro benzene ring substituents is 1. The molecule has 0 fully saturated rings. The lowest BCUT2D eigenvalue weighted by atomic mass is 10.2. The van der Waals surface area contributed by atoms with E-state index in [0.29, 0.717) is 11.4 Å². The Bertz CT molecular complexity index is 894. The Labute approximate surface area is 133 Å². The number of nitrogens with one attached hydrogen (secondary N) is 1. The minimum absolute atomic E-state index is 0.00641. The number of nitro groups is 1. The van der Waals surface area contributed by atoms with Crippen LogP contribution in [0.15, 0.2) is 35.0 Å². The Hall–Kier alpha value is -3.07. The number of fused-ring (bicyclic) bond motifs is 1. The van der Waals surface area contributed by atoms with Crippen LogP contribution in [0.25, 0.3) is 11.0 Å². The van der Waals surface area contributed by atoms with Gasteiger partial charge in [-0.05, 0) is 29.2 Å². The maximum Gasteiger partial charge on any atom is 0.316 e. The molecule has 0 aliphatic carbocycles. The topological polar surface area (TPSA) is 117 Å². The Morgan fingerprint density at radius 2 is 2.09 bits per heavy atom. The standard InChI is InChI=1S/C13H9ClN4O5/c1-22-8-4-2-7(3-5-8)15-12-11-10(18(21)23-16-11)6-9(14)13(12)17(19)20/h2-6,15H,1H3. The van der Waals surface area contributed by atoms with E-state index < -0.39 is 10.6 Å². The molecule has 23 heavy (non-hydrogen) atoms. The van der Waals surface area contributed by atoms with Crippen molar-refractivity contribution in [1.82, 2.24) is 5.16 Å². The second-order valence-corrected chi connectivity index (χ2v) is 4.90. The lowest BCUT2D eigenvalue weighted by Gasteiger charge is -2.07. The van der Waals surface area contributed by atoms with Gasteiger partial charge in [-0.25, -0.2) is 0 Å². The molecule has 3 aromatic rings. The number of benzene rings is 2. The third kappa shape index (κ3) is 2.57. The molecule has 1 N–H and O–H groups in total. The molecule has 0 atom stereocenters. The number of methoxy groups -OCH3 is 1. The van der Waals surface area contributed by atoms with Crippen LogP contribution < -0.4 is 15.0 Å². The van der Waals surface area contributed by atoms with Gasteiger partial charge in [0, 0.05) is 16.9 Å². The van der Waals surface area contributed by atoms with Gasteiger partial charge in [0.2, 0.25) is 5.52 Å².